The van der Waals surface area contributed by atoms with Gasteiger partial charge in [0.1, 0.15) is 5.44 Å². The largest absolute Gasteiger partial charge is 0.493 e. The van der Waals surface area contributed by atoms with Crippen LogP contribution >= 0.6 is 23.4 Å². The molecule has 0 aliphatic carbocycles. The number of nitrogens with zero attached hydrogens (tertiary/aromatic N) is 1. The molecule has 2 amide bonds. The van der Waals surface area contributed by atoms with Gasteiger partial charge >= 0.3 is 6.03 Å². The number of thioether (sulfide) groups is 1. The maximum atomic E-state index is 13.2. The highest BCUT2D eigenvalue weighted by molar-refractivity contribution is 7.99. The maximum Gasteiger partial charge on any atom is 0.345 e. The Bertz CT molecular complexity index is 1450. The summed E-state index contributed by atoms with van der Waals surface area (Å²) in [5.41, 5.74) is 1.69. The predicted molar refractivity (Wildman–Crippen MR) is 184 cm³/mol. The Labute approximate surface area is 286 Å². The molecule has 3 aromatic rings. The molecule has 12 heteroatoms. The van der Waals surface area contributed by atoms with E-state index in [2.05, 4.69) is 12.2 Å². The molecule has 2 N–H and O–H groups in total. The molecule has 1 aliphatic heterocycles. The first-order chi connectivity index (χ1) is 22.7. The minimum atomic E-state index is -0.661. The van der Waals surface area contributed by atoms with E-state index in [0.29, 0.717) is 57.4 Å². The number of nitrogens with one attached hydrogen (secondary N) is 1. The lowest BCUT2D eigenvalue weighted by Crippen LogP contribution is -2.33. The van der Waals surface area contributed by atoms with E-state index in [-0.39, 0.29) is 24.2 Å². The molecule has 0 saturated carbocycles. The van der Waals surface area contributed by atoms with Gasteiger partial charge in [0.15, 0.2) is 23.0 Å². The number of methoxy groups -OCH3 is 4. The van der Waals surface area contributed by atoms with E-state index < -0.39 is 6.03 Å². The molecule has 0 radical (unpaired) electrons. The fraction of sp³-hybridized carbons (Fsp3) is 0.457. The van der Waals surface area contributed by atoms with E-state index in [0.717, 1.165) is 41.7 Å². The number of ether oxygens (including phenoxy) is 6. The number of rotatable bonds is 16. The standard InChI is InChI=1S/C35H45ClN2O8S/c1-7-8-9-10-17-38(40)35(39)37-27-18-23(19-30(41-3)33(27)45-22(2)47-26-13-11-25(36)12-14-26)28-15-16-29(46-28)24-20-31(42-4)34(44-6)32(21-24)43-5/h11-14,18-22,28-29,40H,7-10,15-17H2,1-6H3,(H,37,39). The predicted octanol–water partition coefficient (Wildman–Crippen LogP) is 9.29. The second-order valence-corrected chi connectivity index (χ2v) is 12.9. The minimum Gasteiger partial charge on any atom is -0.493 e. The summed E-state index contributed by atoms with van der Waals surface area (Å²) >= 11 is 7.55. The lowest BCUT2D eigenvalue weighted by atomic mass is 10.0. The summed E-state index contributed by atoms with van der Waals surface area (Å²) < 4.78 is 35.3. The molecule has 3 unspecified atom stereocenters. The van der Waals surface area contributed by atoms with E-state index in [1.54, 1.807) is 28.4 Å². The van der Waals surface area contributed by atoms with E-state index in [1.165, 1.54) is 11.8 Å². The van der Waals surface area contributed by atoms with E-state index in [9.17, 15) is 10.0 Å². The zero-order valence-electron chi connectivity index (χ0n) is 27.8. The van der Waals surface area contributed by atoms with E-state index in [4.69, 9.17) is 40.0 Å². The van der Waals surface area contributed by atoms with Gasteiger partial charge in [0.2, 0.25) is 5.75 Å². The van der Waals surface area contributed by atoms with Crippen molar-refractivity contribution in [3.05, 3.63) is 64.7 Å². The zero-order valence-corrected chi connectivity index (χ0v) is 29.4. The number of carbonyl (C=O) groups is 1. The third-order valence-electron chi connectivity index (χ3n) is 7.85. The average Bonchev–Trinajstić information content (AvgIpc) is 3.58. The molecule has 1 heterocycles. The van der Waals surface area contributed by atoms with Gasteiger partial charge in [-0.2, -0.15) is 0 Å². The topological polar surface area (TPSA) is 108 Å². The van der Waals surface area contributed by atoms with Crippen molar-refractivity contribution in [2.45, 2.75) is 74.9 Å². The van der Waals surface area contributed by atoms with Crippen molar-refractivity contribution in [2.24, 2.45) is 0 Å². The van der Waals surface area contributed by atoms with Crippen LogP contribution in [0.4, 0.5) is 10.5 Å². The average molecular weight is 689 g/mol. The quantitative estimate of drug-likeness (QED) is 0.0500. The molecule has 256 valence electrons. The van der Waals surface area contributed by atoms with Crippen molar-refractivity contribution in [3.8, 4) is 28.7 Å². The third-order valence-corrected chi connectivity index (χ3v) is 9.07. The lowest BCUT2D eigenvalue weighted by molar-refractivity contribution is -0.0382. The smallest absolute Gasteiger partial charge is 0.345 e. The van der Waals surface area contributed by atoms with Crippen molar-refractivity contribution in [1.82, 2.24) is 5.06 Å². The minimum absolute atomic E-state index is 0.212. The van der Waals surface area contributed by atoms with Crippen LogP contribution in [-0.2, 0) is 4.74 Å². The fourth-order valence-electron chi connectivity index (χ4n) is 5.45. The second kappa shape index (κ2) is 17.6. The van der Waals surface area contributed by atoms with Crippen LogP contribution in [0.2, 0.25) is 5.02 Å². The fourth-order valence-corrected chi connectivity index (χ4v) is 6.40. The Kier molecular flexibility index (Phi) is 13.6. The zero-order chi connectivity index (χ0) is 33.9. The number of hydrogen-bond acceptors (Lipinski definition) is 9. The van der Waals surface area contributed by atoms with Crippen LogP contribution in [0.15, 0.2) is 53.4 Å². The van der Waals surface area contributed by atoms with Gasteiger partial charge in [0.05, 0.1) is 52.9 Å². The van der Waals surface area contributed by atoms with Gasteiger partial charge in [-0.1, -0.05) is 49.5 Å². The van der Waals surface area contributed by atoms with Gasteiger partial charge in [-0.05, 0) is 85.8 Å². The first-order valence-electron chi connectivity index (χ1n) is 15.7. The molecule has 1 fully saturated rings. The number of anilines is 1. The molecule has 10 nitrogen and oxygen atoms in total. The van der Waals surface area contributed by atoms with Crippen LogP contribution in [0.3, 0.4) is 0 Å². The number of halogens is 1. The number of hydrogen-bond donors (Lipinski definition) is 2. The normalized spacial score (nSPS) is 16.3. The molecule has 1 saturated heterocycles. The van der Waals surface area contributed by atoms with Crippen molar-refractivity contribution < 1.29 is 38.4 Å². The van der Waals surface area contributed by atoms with Crippen molar-refractivity contribution >= 4 is 35.1 Å². The van der Waals surface area contributed by atoms with Gasteiger partial charge in [-0.25, -0.2) is 9.86 Å². The highest BCUT2D eigenvalue weighted by atomic mass is 35.5. The molecule has 0 aromatic heterocycles. The maximum absolute atomic E-state index is 13.2. The molecule has 4 rings (SSSR count). The molecule has 0 bridgehead atoms. The number of carbonyl (C=O) groups excluding carboxylic acids is 1. The number of amides is 2. The molecular weight excluding hydrogens is 644 g/mol. The molecule has 3 aromatic carbocycles. The Morgan fingerprint density at radius 3 is 2.04 bits per heavy atom. The van der Waals surface area contributed by atoms with E-state index in [1.807, 2.05) is 55.5 Å². The van der Waals surface area contributed by atoms with Gasteiger partial charge in [0.25, 0.3) is 0 Å². The summed E-state index contributed by atoms with van der Waals surface area (Å²) in [4.78, 5) is 14.1. The Balaban J connectivity index is 1.61. The molecule has 1 aliphatic rings. The van der Waals surface area contributed by atoms with Gasteiger partial charge < -0.3 is 33.7 Å². The highest BCUT2D eigenvalue weighted by Crippen LogP contribution is 2.48. The Morgan fingerprint density at radius 2 is 1.49 bits per heavy atom. The summed E-state index contributed by atoms with van der Waals surface area (Å²) in [5, 5.41) is 14.7. The first-order valence-corrected chi connectivity index (χ1v) is 17.0. The number of unbranched alkanes of at least 4 members (excludes halogenated alkanes) is 3. The van der Waals surface area contributed by atoms with E-state index >= 15 is 0 Å². The van der Waals surface area contributed by atoms with Crippen LogP contribution in [0.1, 0.15) is 75.7 Å². The number of benzene rings is 3. The summed E-state index contributed by atoms with van der Waals surface area (Å²) in [7, 11) is 6.28. The molecular formula is C35H45ClN2O8S. The summed E-state index contributed by atoms with van der Waals surface area (Å²) in [5.74, 6) is 2.39. The summed E-state index contributed by atoms with van der Waals surface area (Å²) in [6, 6.07) is 14.3. The lowest BCUT2D eigenvalue weighted by Gasteiger charge is -2.24. The third kappa shape index (κ3) is 9.53. The second-order valence-electron chi connectivity index (χ2n) is 11.1. The van der Waals surface area contributed by atoms with Gasteiger partial charge in [-0.15, -0.1) is 0 Å². The molecule has 3 atom stereocenters. The number of urea groups is 1. The Hall–Kier alpha value is -3.51. The highest BCUT2D eigenvalue weighted by Gasteiger charge is 2.31. The molecule has 47 heavy (non-hydrogen) atoms. The molecule has 0 spiro atoms. The first kappa shape index (κ1) is 36.3. The summed E-state index contributed by atoms with van der Waals surface area (Å²) in [6.07, 6.45) is 4.61. The van der Waals surface area contributed by atoms with Gasteiger partial charge in [-0.3, -0.25) is 5.21 Å². The monoisotopic (exact) mass is 688 g/mol. The SMILES string of the molecule is CCCCCCN(O)C(=O)Nc1cc(C2CCC(c3cc(OC)c(OC)c(OC)c3)O2)cc(OC)c1OC(C)Sc1ccc(Cl)cc1. The van der Waals surface area contributed by atoms with Crippen LogP contribution in [0, 0.1) is 0 Å². The van der Waals surface area contributed by atoms with Crippen LogP contribution in [0.5, 0.6) is 28.7 Å². The van der Waals surface area contributed by atoms with Crippen molar-refractivity contribution in [1.29, 1.82) is 0 Å². The van der Waals surface area contributed by atoms with Crippen molar-refractivity contribution in [2.75, 3.05) is 40.3 Å². The van der Waals surface area contributed by atoms with Crippen LogP contribution < -0.4 is 29.0 Å². The summed E-state index contributed by atoms with van der Waals surface area (Å²) in [6.45, 7) is 4.23. The van der Waals surface area contributed by atoms with Crippen molar-refractivity contribution in [3.63, 3.8) is 0 Å². The van der Waals surface area contributed by atoms with Crippen LogP contribution in [-0.4, -0.2) is 56.7 Å². The van der Waals surface area contributed by atoms with Gasteiger partial charge in [0, 0.05) is 9.92 Å². The Morgan fingerprint density at radius 1 is 0.915 bits per heavy atom. The van der Waals surface area contributed by atoms with Crippen LogP contribution in [0.25, 0.3) is 0 Å². The number of hydroxylamine groups is 2.